The van der Waals surface area contributed by atoms with Crippen LogP contribution in [0.3, 0.4) is 0 Å². The fourth-order valence-corrected chi connectivity index (χ4v) is 3.71. The number of nitrogens with zero attached hydrogens (tertiary/aromatic N) is 1. The Balaban J connectivity index is 2.12. The van der Waals surface area contributed by atoms with Crippen molar-refractivity contribution in [1.29, 1.82) is 0 Å². The monoisotopic (exact) mass is 298 g/mol. The zero-order valence-electron chi connectivity index (χ0n) is 10.3. The van der Waals surface area contributed by atoms with Gasteiger partial charge in [-0.25, -0.2) is 13.4 Å². The van der Waals surface area contributed by atoms with E-state index >= 15 is 0 Å². The van der Waals surface area contributed by atoms with Crippen molar-refractivity contribution >= 4 is 26.5 Å². The molecule has 102 valence electrons. The largest absolute Gasteiger partial charge is 0.392 e. The molecule has 0 aliphatic rings. The molecule has 0 saturated carbocycles. The Morgan fingerprint density at radius 1 is 1.37 bits per heavy atom. The van der Waals surface area contributed by atoms with E-state index in [1.54, 1.807) is 36.6 Å². The van der Waals surface area contributed by atoms with Gasteiger partial charge in [0.25, 0.3) is 0 Å². The van der Waals surface area contributed by atoms with Crippen molar-refractivity contribution in [3.05, 3.63) is 46.5 Å². The molecule has 2 aromatic rings. The second-order valence-corrected chi connectivity index (χ2v) is 6.71. The average molecular weight is 298 g/mol. The molecule has 2 N–H and O–H groups in total. The molecular formula is C12H14N2O3S2. The highest BCUT2D eigenvalue weighted by atomic mass is 32.2. The van der Waals surface area contributed by atoms with E-state index in [0.717, 1.165) is 5.69 Å². The number of hydrogen-bond acceptors (Lipinski definition) is 5. The second kappa shape index (κ2) is 5.68. The van der Waals surface area contributed by atoms with Gasteiger partial charge in [0, 0.05) is 5.38 Å². The highest BCUT2D eigenvalue weighted by molar-refractivity contribution is 7.92. The third-order valence-corrected chi connectivity index (χ3v) is 4.61. The van der Waals surface area contributed by atoms with Crippen molar-refractivity contribution < 1.29 is 13.5 Å². The highest BCUT2D eigenvalue weighted by Gasteiger charge is 2.13. The molecule has 2 rings (SSSR count). The summed E-state index contributed by atoms with van der Waals surface area (Å²) in [6, 6.07) is 6.86. The first kappa shape index (κ1) is 14.0. The van der Waals surface area contributed by atoms with Crippen molar-refractivity contribution in [2.24, 2.45) is 0 Å². The number of aryl methyl sites for hydroxylation is 1. The van der Waals surface area contributed by atoms with Gasteiger partial charge < -0.3 is 5.11 Å². The van der Waals surface area contributed by atoms with Gasteiger partial charge in [-0.2, -0.15) is 0 Å². The molecule has 1 aromatic heterocycles. The van der Waals surface area contributed by atoms with Gasteiger partial charge in [0.1, 0.15) is 0 Å². The molecule has 1 heterocycles. The molecule has 0 radical (unpaired) electrons. The van der Waals surface area contributed by atoms with Gasteiger partial charge in [-0.05, 0) is 18.1 Å². The normalized spacial score (nSPS) is 11.5. The number of nitrogens with one attached hydrogen (secondary N) is 1. The summed E-state index contributed by atoms with van der Waals surface area (Å²) in [5.41, 5.74) is 2.11. The molecule has 0 saturated heterocycles. The lowest BCUT2D eigenvalue weighted by Crippen LogP contribution is -2.15. The highest BCUT2D eigenvalue weighted by Crippen LogP contribution is 2.18. The van der Waals surface area contributed by atoms with E-state index < -0.39 is 10.0 Å². The van der Waals surface area contributed by atoms with Gasteiger partial charge in [-0.3, -0.25) is 4.72 Å². The molecule has 0 aliphatic carbocycles. The predicted molar refractivity (Wildman–Crippen MR) is 75.5 cm³/mol. The molecule has 7 heteroatoms. The minimum Gasteiger partial charge on any atom is -0.392 e. The van der Waals surface area contributed by atoms with Crippen LogP contribution in [0.4, 0.5) is 5.13 Å². The van der Waals surface area contributed by atoms with Crippen molar-refractivity contribution in [2.75, 3.05) is 4.72 Å². The van der Waals surface area contributed by atoms with E-state index in [0.29, 0.717) is 16.3 Å². The smallest absolute Gasteiger partial charge is 0.238 e. The Bertz CT molecular complexity index is 665. The van der Waals surface area contributed by atoms with Crippen LogP contribution in [0.5, 0.6) is 0 Å². The van der Waals surface area contributed by atoms with E-state index in [1.165, 1.54) is 11.3 Å². The maximum absolute atomic E-state index is 12.0. The topological polar surface area (TPSA) is 79.3 Å². The average Bonchev–Trinajstić information content (AvgIpc) is 2.73. The number of hydrogen-bond donors (Lipinski definition) is 2. The minimum absolute atomic E-state index is 0.104. The van der Waals surface area contributed by atoms with Crippen LogP contribution >= 0.6 is 11.3 Å². The van der Waals surface area contributed by atoms with Crippen molar-refractivity contribution in [2.45, 2.75) is 19.3 Å². The number of aromatic nitrogens is 1. The summed E-state index contributed by atoms with van der Waals surface area (Å²) in [5.74, 6) is -0.139. The van der Waals surface area contributed by atoms with Crippen LogP contribution in [0.2, 0.25) is 0 Å². The van der Waals surface area contributed by atoms with Gasteiger partial charge in [-0.15, -0.1) is 11.3 Å². The van der Waals surface area contributed by atoms with Crippen LogP contribution in [-0.4, -0.2) is 18.5 Å². The first-order valence-electron chi connectivity index (χ1n) is 5.60. The van der Waals surface area contributed by atoms with E-state index in [4.69, 9.17) is 5.11 Å². The van der Waals surface area contributed by atoms with E-state index in [1.807, 2.05) is 0 Å². The fraction of sp³-hybridized carbons (Fsp3) is 0.250. The number of rotatable bonds is 5. The van der Waals surface area contributed by atoms with Gasteiger partial charge in [-0.1, -0.05) is 24.3 Å². The molecule has 0 amide bonds. The van der Waals surface area contributed by atoms with E-state index in [9.17, 15) is 8.42 Å². The van der Waals surface area contributed by atoms with Crippen LogP contribution < -0.4 is 4.72 Å². The summed E-state index contributed by atoms with van der Waals surface area (Å²) in [5, 5.41) is 11.2. The Morgan fingerprint density at radius 3 is 2.74 bits per heavy atom. The number of anilines is 1. The van der Waals surface area contributed by atoms with Crippen molar-refractivity contribution in [1.82, 2.24) is 4.98 Å². The lowest BCUT2D eigenvalue weighted by Gasteiger charge is -2.06. The number of aliphatic hydroxyl groups is 1. The first-order valence-corrected chi connectivity index (χ1v) is 8.13. The van der Waals surface area contributed by atoms with Crippen LogP contribution in [0, 0.1) is 6.92 Å². The zero-order valence-corrected chi connectivity index (χ0v) is 12.0. The Hall–Kier alpha value is -1.44. The molecule has 0 fully saturated rings. The number of benzene rings is 1. The predicted octanol–water partition coefficient (Wildman–Crippen LogP) is 1.89. The van der Waals surface area contributed by atoms with Crippen molar-refractivity contribution in [3.8, 4) is 0 Å². The molecule has 19 heavy (non-hydrogen) atoms. The molecule has 0 atom stereocenters. The fourth-order valence-electron chi connectivity index (χ4n) is 1.61. The Labute approximate surface area is 116 Å². The van der Waals surface area contributed by atoms with Crippen LogP contribution in [0.25, 0.3) is 0 Å². The van der Waals surface area contributed by atoms with Gasteiger partial charge in [0.05, 0.1) is 18.1 Å². The summed E-state index contributed by atoms with van der Waals surface area (Å²) >= 11 is 1.25. The molecule has 0 aliphatic heterocycles. The number of sulfonamides is 1. The molecule has 0 bridgehead atoms. The lowest BCUT2D eigenvalue weighted by atomic mass is 10.1. The lowest BCUT2D eigenvalue weighted by molar-refractivity contribution is 0.282. The van der Waals surface area contributed by atoms with Crippen LogP contribution in [0.15, 0.2) is 29.6 Å². The quantitative estimate of drug-likeness (QED) is 0.883. The third kappa shape index (κ3) is 4.02. The van der Waals surface area contributed by atoms with Gasteiger partial charge in [0.15, 0.2) is 5.13 Å². The molecule has 0 unspecified atom stereocenters. The Kier molecular flexibility index (Phi) is 4.18. The standard InChI is InChI=1S/C12H14N2O3S2/c1-9-7-18-12(13-9)14-19(16,17)8-11-4-2-3-10(5-11)6-15/h2-5,7,15H,6,8H2,1H3,(H,13,14). The molecule has 5 nitrogen and oxygen atoms in total. The van der Waals surface area contributed by atoms with Crippen LogP contribution in [-0.2, 0) is 22.4 Å². The molecule has 1 aromatic carbocycles. The van der Waals surface area contributed by atoms with E-state index in [-0.39, 0.29) is 12.4 Å². The Morgan fingerprint density at radius 2 is 2.11 bits per heavy atom. The maximum atomic E-state index is 12.0. The summed E-state index contributed by atoms with van der Waals surface area (Å²) < 4.78 is 26.4. The summed E-state index contributed by atoms with van der Waals surface area (Å²) in [6.45, 7) is 1.70. The summed E-state index contributed by atoms with van der Waals surface area (Å²) in [7, 11) is -3.48. The number of aliphatic hydroxyl groups excluding tert-OH is 1. The van der Waals surface area contributed by atoms with Gasteiger partial charge in [0.2, 0.25) is 10.0 Å². The molecule has 0 spiro atoms. The molecular weight excluding hydrogens is 284 g/mol. The number of thiazole rings is 1. The minimum atomic E-state index is -3.48. The summed E-state index contributed by atoms with van der Waals surface area (Å²) in [4.78, 5) is 4.06. The zero-order chi connectivity index (χ0) is 13.9. The SMILES string of the molecule is Cc1csc(NS(=O)(=O)Cc2cccc(CO)c2)n1. The summed E-state index contributed by atoms with van der Waals surface area (Å²) in [6.07, 6.45) is 0. The van der Waals surface area contributed by atoms with Gasteiger partial charge >= 0.3 is 0 Å². The maximum Gasteiger partial charge on any atom is 0.238 e. The van der Waals surface area contributed by atoms with Crippen molar-refractivity contribution in [3.63, 3.8) is 0 Å². The third-order valence-electron chi connectivity index (χ3n) is 2.39. The second-order valence-electron chi connectivity index (χ2n) is 4.13. The first-order chi connectivity index (χ1) is 8.98. The van der Waals surface area contributed by atoms with E-state index in [2.05, 4.69) is 9.71 Å². The van der Waals surface area contributed by atoms with Crippen LogP contribution in [0.1, 0.15) is 16.8 Å².